The SMILES string of the molecule is Cn1nccc1C(=O)NCCOC1CCNCC1. The highest BCUT2D eigenvalue weighted by Gasteiger charge is 2.13. The molecule has 1 aromatic heterocycles. The van der Waals surface area contributed by atoms with E-state index in [0.717, 1.165) is 25.9 Å². The second kappa shape index (κ2) is 6.51. The molecule has 0 radical (unpaired) electrons. The molecule has 18 heavy (non-hydrogen) atoms. The van der Waals surface area contributed by atoms with Gasteiger partial charge in [-0.15, -0.1) is 0 Å². The van der Waals surface area contributed by atoms with Gasteiger partial charge in [-0.2, -0.15) is 5.10 Å². The lowest BCUT2D eigenvalue weighted by molar-refractivity contribution is 0.0343. The Morgan fingerprint density at radius 3 is 3.06 bits per heavy atom. The number of carbonyl (C=O) groups is 1. The number of rotatable bonds is 5. The van der Waals surface area contributed by atoms with E-state index in [1.54, 1.807) is 24.0 Å². The van der Waals surface area contributed by atoms with Crippen LogP contribution in [0.2, 0.25) is 0 Å². The molecule has 0 unspecified atom stereocenters. The summed E-state index contributed by atoms with van der Waals surface area (Å²) < 4.78 is 7.26. The quantitative estimate of drug-likeness (QED) is 0.719. The molecule has 2 rings (SSSR count). The van der Waals surface area contributed by atoms with Crippen molar-refractivity contribution in [3.63, 3.8) is 0 Å². The van der Waals surface area contributed by atoms with Gasteiger partial charge in [-0.3, -0.25) is 9.48 Å². The van der Waals surface area contributed by atoms with Gasteiger partial charge in [0.15, 0.2) is 0 Å². The summed E-state index contributed by atoms with van der Waals surface area (Å²) in [6, 6.07) is 1.70. The van der Waals surface area contributed by atoms with Crippen LogP contribution in [0.3, 0.4) is 0 Å². The van der Waals surface area contributed by atoms with Crippen LogP contribution in [0.25, 0.3) is 0 Å². The molecule has 100 valence electrons. The predicted molar refractivity (Wildman–Crippen MR) is 67.4 cm³/mol. The number of piperidine rings is 1. The Kier molecular flexibility index (Phi) is 4.72. The Hall–Kier alpha value is -1.40. The molecule has 2 heterocycles. The molecule has 0 spiro atoms. The van der Waals surface area contributed by atoms with Crippen LogP contribution in [-0.4, -0.2) is 48.0 Å². The van der Waals surface area contributed by atoms with Crippen molar-refractivity contribution in [1.29, 1.82) is 0 Å². The molecular formula is C12H20N4O2. The number of amides is 1. The fraction of sp³-hybridized carbons (Fsp3) is 0.667. The Morgan fingerprint density at radius 2 is 2.39 bits per heavy atom. The molecule has 6 heteroatoms. The second-order valence-electron chi connectivity index (χ2n) is 4.42. The van der Waals surface area contributed by atoms with Crippen molar-refractivity contribution in [3.8, 4) is 0 Å². The minimum Gasteiger partial charge on any atom is -0.376 e. The second-order valence-corrected chi connectivity index (χ2v) is 4.42. The fourth-order valence-corrected chi connectivity index (χ4v) is 2.04. The van der Waals surface area contributed by atoms with Crippen LogP contribution < -0.4 is 10.6 Å². The van der Waals surface area contributed by atoms with E-state index in [0.29, 0.717) is 24.9 Å². The number of hydrogen-bond donors (Lipinski definition) is 2. The van der Waals surface area contributed by atoms with E-state index in [-0.39, 0.29) is 5.91 Å². The molecule has 0 saturated carbocycles. The molecule has 0 bridgehead atoms. The maximum Gasteiger partial charge on any atom is 0.269 e. The van der Waals surface area contributed by atoms with E-state index in [9.17, 15) is 4.79 Å². The van der Waals surface area contributed by atoms with E-state index in [4.69, 9.17) is 4.74 Å². The van der Waals surface area contributed by atoms with Crippen LogP contribution in [0.1, 0.15) is 23.3 Å². The van der Waals surface area contributed by atoms with E-state index >= 15 is 0 Å². The lowest BCUT2D eigenvalue weighted by atomic mass is 10.1. The summed E-state index contributed by atoms with van der Waals surface area (Å²) in [7, 11) is 1.75. The first-order valence-corrected chi connectivity index (χ1v) is 6.36. The van der Waals surface area contributed by atoms with Gasteiger partial charge >= 0.3 is 0 Å². The van der Waals surface area contributed by atoms with Crippen molar-refractivity contribution in [1.82, 2.24) is 20.4 Å². The van der Waals surface area contributed by atoms with Gasteiger partial charge in [0.2, 0.25) is 0 Å². The Balaban J connectivity index is 1.63. The van der Waals surface area contributed by atoms with Crippen LogP contribution in [-0.2, 0) is 11.8 Å². The van der Waals surface area contributed by atoms with E-state index in [2.05, 4.69) is 15.7 Å². The number of aryl methyl sites for hydroxylation is 1. The predicted octanol–water partition coefficient (Wildman–Crippen LogP) is -0.0815. The van der Waals surface area contributed by atoms with Crippen molar-refractivity contribution < 1.29 is 9.53 Å². The first kappa shape index (κ1) is 13.0. The average molecular weight is 252 g/mol. The van der Waals surface area contributed by atoms with E-state index in [1.807, 2.05) is 0 Å². The van der Waals surface area contributed by atoms with Gasteiger partial charge in [-0.25, -0.2) is 0 Å². The van der Waals surface area contributed by atoms with Gasteiger partial charge in [0.25, 0.3) is 5.91 Å². The standard InChI is InChI=1S/C12H20N4O2/c1-16-11(4-7-15-16)12(17)14-8-9-18-10-2-5-13-6-3-10/h4,7,10,13H,2-3,5-6,8-9H2,1H3,(H,14,17). The monoisotopic (exact) mass is 252 g/mol. The number of ether oxygens (including phenoxy) is 1. The molecule has 1 amide bonds. The third kappa shape index (κ3) is 3.54. The van der Waals surface area contributed by atoms with Crippen molar-refractivity contribution in [2.45, 2.75) is 18.9 Å². The van der Waals surface area contributed by atoms with E-state index < -0.39 is 0 Å². The minimum absolute atomic E-state index is 0.107. The molecule has 1 aliphatic heterocycles. The minimum atomic E-state index is -0.107. The maximum atomic E-state index is 11.7. The van der Waals surface area contributed by atoms with Crippen molar-refractivity contribution in [2.24, 2.45) is 7.05 Å². The van der Waals surface area contributed by atoms with Gasteiger partial charge < -0.3 is 15.4 Å². The van der Waals surface area contributed by atoms with Crippen LogP contribution in [0, 0.1) is 0 Å². The Labute approximate surface area is 107 Å². The topological polar surface area (TPSA) is 68.2 Å². The number of carbonyl (C=O) groups excluding carboxylic acids is 1. The number of hydrogen-bond acceptors (Lipinski definition) is 4. The largest absolute Gasteiger partial charge is 0.376 e. The van der Waals surface area contributed by atoms with Crippen molar-refractivity contribution in [2.75, 3.05) is 26.2 Å². The molecule has 2 N–H and O–H groups in total. The average Bonchev–Trinajstić information content (AvgIpc) is 2.82. The molecule has 1 saturated heterocycles. The molecule has 1 fully saturated rings. The Morgan fingerprint density at radius 1 is 1.61 bits per heavy atom. The first-order valence-electron chi connectivity index (χ1n) is 6.36. The molecule has 1 aliphatic rings. The molecule has 0 atom stereocenters. The van der Waals surface area contributed by atoms with Gasteiger partial charge in [0, 0.05) is 19.8 Å². The zero-order valence-electron chi connectivity index (χ0n) is 10.7. The lowest BCUT2D eigenvalue weighted by Crippen LogP contribution is -2.35. The summed E-state index contributed by atoms with van der Waals surface area (Å²) in [5, 5.41) is 10.1. The molecule has 6 nitrogen and oxygen atoms in total. The van der Waals surface area contributed by atoms with Gasteiger partial charge in [0.1, 0.15) is 5.69 Å². The van der Waals surface area contributed by atoms with Crippen LogP contribution in [0.4, 0.5) is 0 Å². The number of aromatic nitrogens is 2. The first-order chi connectivity index (χ1) is 8.77. The van der Waals surface area contributed by atoms with Crippen LogP contribution in [0.5, 0.6) is 0 Å². The molecular weight excluding hydrogens is 232 g/mol. The third-order valence-corrected chi connectivity index (χ3v) is 3.08. The van der Waals surface area contributed by atoms with Crippen molar-refractivity contribution in [3.05, 3.63) is 18.0 Å². The maximum absolute atomic E-state index is 11.7. The highest BCUT2D eigenvalue weighted by atomic mass is 16.5. The zero-order chi connectivity index (χ0) is 12.8. The van der Waals surface area contributed by atoms with Crippen LogP contribution >= 0.6 is 0 Å². The zero-order valence-corrected chi connectivity index (χ0v) is 10.7. The summed E-state index contributed by atoms with van der Waals surface area (Å²) in [4.78, 5) is 11.7. The number of nitrogens with zero attached hydrogens (tertiary/aromatic N) is 2. The third-order valence-electron chi connectivity index (χ3n) is 3.08. The van der Waals surface area contributed by atoms with Gasteiger partial charge in [-0.1, -0.05) is 0 Å². The summed E-state index contributed by atoms with van der Waals surface area (Å²) in [5.74, 6) is -0.107. The number of nitrogens with one attached hydrogen (secondary N) is 2. The van der Waals surface area contributed by atoms with E-state index in [1.165, 1.54) is 0 Å². The van der Waals surface area contributed by atoms with Crippen LogP contribution in [0.15, 0.2) is 12.3 Å². The normalized spacial score (nSPS) is 16.7. The van der Waals surface area contributed by atoms with Gasteiger partial charge in [0.05, 0.1) is 12.7 Å². The molecule has 0 aliphatic carbocycles. The highest BCUT2D eigenvalue weighted by Crippen LogP contribution is 2.06. The van der Waals surface area contributed by atoms with Gasteiger partial charge in [-0.05, 0) is 32.0 Å². The summed E-state index contributed by atoms with van der Waals surface area (Å²) in [6.07, 6.45) is 4.05. The fourth-order valence-electron chi connectivity index (χ4n) is 2.04. The lowest BCUT2D eigenvalue weighted by Gasteiger charge is -2.22. The smallest absolute Gasteiger partial charge is 0.269 e. The summed E-state index contributed by atoms with van der Waals surface area (Å²) in [6.45, 7) is 3.14. The highest BCUT2D eigenvalue weighted by molar-refractivity contribution is 5.92. The molecule has 1 aromatic rings. The summed E-state index contributed by atoms with van der Waals surface area (Å²) in [5.41, 5.74) is 0.567. The summed E-state index contributed by atoms with van der Waals surface area (Å²) >= 11 is 0. The van der Waals surface area contributed by atoms with Crippen molar-refractivity contribution >= 4 is 5.91 Å². The molecule has 0 aromatic carbocycles. The Bertz CT molecular complexity index is 385.